The topological polar surface area (TPSA) is 141 Å². The van der Waals surface area contributed by atoms with E-state index in [2.05, 4.69) is 0 Å². The predicted molar refractivity (Wildman–Crippen MR) is 188 cm³/mol. The zero-order valence-corrected chi connectivity index (χ0v) is 33.5. The minimum atomic E-state index is -0.737. The Bertz CT molecular complexity index is 973. The highest BCUT2D eigenvalue weighted by Gasteiger charge is 2.32. The SMILES string of the molecule is C[C@H](CN(CC(=O)OC(C)(C)C)C[C@H](C)N(CC(=O)OC(C)(C)C)CC(=O)OC(C)(C)C)N(CC(=O)OC(C)(C)C)CC(=O)OC(C)(C)C. The summed E-state index contributed by atoms with van der Waals surface area (Å²) in [6.45, 7) is 29.6. The molecule has 0 bridgehead atoms. The second-order valence-corrected chi connectivity index (χ2v) is 17.6. The lowest BCUT2D eigenvalue weighted by atomic mass is 10.1. The molecule has 0 saturated carbocycles. The van der Waals surface area contributed by atoms with Crippen molar-refractivity contribution in [3.63, 3.8) is 0 Å². The Labute approximate surface area is 295 Å². The number of carbonyl (C=O) groups is 5. The summed E-state index contributed by atoms with van der Waals surface area (Å²) in [6.07, 6.45) is 0. The molecule has 13 nitrogen and oxygen atoms in total. The Hall–Kier alpha value is -2.77. The Balaban J connectivity index is 6.47. The summed E-state index contributed by atoms with van der Waals surface area (Å²) >= 11 is 0. The first kappa shape index (κ1) is 46.2. The zero-order chi connectivity index (χ0) is 38.8. The first-order valence-corrected chi connectivity index (χ1v) is 17.0. The molecule has 0 fully saturated rings. The molecule has 0 rings (SSSR count). The molecule has 13 heteroatoms. The average Bonchev–Trinajstić information content (AvgIpc) is 2.76. The third-order valence-electron chi connectivity index (χ3n) is 6.07. The van der Waals surface area contributed by atoms with Gasteiger partial charge >= 0.3 is 29.8 Å². The molecule has 2 atom stereocenters. The van der Waals surface area contributed by atoms with E-state index in [0.29, 0.717) is 0 Å². The molecule has 0 radical (unpaired) electrons. The van der Waals surface area contributed by atoms with E-state index in [9.17, 15) is 24.0 Å². The average molecular weight is 702 g/mol. The number of hydrogen-bond donors (Lipinski definition) is 0. The van der Waals surface area contributed by atoms with Crippen LogP contribution in [0, 0.1) is 0 Å². The monoisotopic (exact) mass is 701 g/mol. The van der Waals surface area contributed by atoms with Gasteiger partial charge in [-0.15, -0.1) is 0 Å². The molecule has 0 unspecified atom stereocenters. The molecule has 0 aliphatic rings. The molecule has 0 aromatic heterocycles. The molecule has 0 saturated heterocycles. The van der Waals surface area contributed by atoms with E-state index in [0.717, 1.165) is 0 Å². The maximum Gasteiger partial charge on any atom is 0.320 e. The summed E-state index contributed by atoms with van der Waals surface area (Å²) < 4.78 is 27.8. The fourth-order valence-corrected chi connectivity index (χ4v) is 4.63. The number of ether oxygens (including phenoxy) is 5. The molecule has 286 valence electrons. The van der Waals surface area contributed by atoms with E-state index in [1.54, 1.807) is 114 Å². The van der Waals surface area contributed by atoms with Gasteiger partial charge in [0.05, 0.1) is 32.7 Å². The van der Waals surface area contributed by atoms with Gasteiger partial charge in [-0.1, -0.05) is 0 Å². The second-order valence-electron chi connectivity index (χ2n) is 17.6. The van der Waals surface area contributed by atoms with Crippen LogP contribution in [0.25, 0.3) is 0 Å². The summed E-state index contributed by atoms with van der Waals surface area (Å²) in [6, 6.07) is -0.917. The second kappa shape index (κ2) is 18.5. The smallest absolute Gasteiger partial charge is 0.320 e. The molecule has 0 heterocycles. The van der Waals surface area contributed by atoms with Crippen LogP contribution >= 0.6 is 0 Å². The minimum absolute atomic E-state index is 0.134. The normalized spacial score (nSPS) is 14.4. The van der Waals surface area contributed by atoms with Gasteiger partial charge in [-0.25, -0.2) is 0 Å². The van der Waals surface area contributed by atoms with Gasteiger partial charge in [0, 0.05) is 25.2 Å². The highest BCUT2D eigenvalue weighted by atomic mass is 16.6. The summed E-state index contributed by atoms with van der Waals surface area (Å²) in [7, 11) is 0. The third-order valence-corrected chi connectivity index (χ3v) is 6.07. The number of esters is 5. The zero-order valence-electron chi connectivity index (χ0n) is 33.5. The lowest BCUT2D eigenvalue weighted by Crippen LogP contribution is -2.53. The van der Waals surface area contributed by atoms with Crippen LogP contribution in [0.2, 0.25) is 0 Å². The lowest BCUT2D eigenvalue weighted by Gasteiger charge is -2.37. The van der Waals surface area contributed by atoms with E-state index >= 15 is 0 Å². The molecule has 0 amide bonds. The summed E-state index contributed by atoms with van der Waals surface area (Å²) in [5, 5.41) is 0. The van der Waals surface area contributed by atoms with Gasteiger partial charge in [-0.2, -0.15) is 0 Å². The van der Waals surface area contributed by atoms with Crippen molar-refractivity contribution in [1.29, 1.82) is 0 Å². The van der Waals surface area contributed by atoms with Gasteiger partial charge in [0.1, 0.15) is 28.0 Å². The number of carbonyl (C=O) groups excluding carboxylic acids is 5. The van der Waals surface area contributed by atoms with Crippen molar-refractivity contribution in [1.82, 2.24) is 14.7 Å². The van der Waals surface area contributed by atoms with Crippen molar-refractivity contribution in [2.24, 2.45) is 0 Å². The summed E-state index contributed by atoms with van der Waals surface area (Å²) in [5.74, 6) is -2.55. The minimum Gasteiger partial charge on any atom is -0.459 e. The Morgan fingerprint density at radius 1 is 0.388 bits per heavy atom. The quantitative estimate of drug-likeness (QED) is 0.166. The van der Waals surface area contributed by atoms with Crippen molar-refractivity contribution >= 4 is 29.8 Å². The first-order valence-electron chi connectivity index (χ1n) is 17.0. The molecule has 0 N–H and O–H groups in total. The van der Waals surface area contributed by atoms with Gasteiger partial charge in [-0.05, 0) is 118 Å². The maximum atomic E-state index is 13.1. The molecule has 0 aliphatic heterocycles. The molecular weight excluding hydrogens is 634 g/mol. The van der Waals surface area contributed by atoms with Gasteiger partial charge in [0.2, 0.25) is 0 Å². The van der Waals surface area contributed by atoms with Crippen molar-refractivity contribution < 1.29 is 47.7 Å². The van der Waals surface area contributed by atoms with Crippen molar-refractivity contribution in [2.75, 3.05) is 45.8 Å². The van der Waals surface area contributed by atoms with E-state index < -0.39 is 69.9 Å². The van der Waals surface area contributed by atoms with Gasteiger partial charge < -0.3 is 23.7 Å². The highest BCUT2D eigenvalue weighted by Crippen LogP contribution is 2.16. The van der Waals surface area contributed by atoms with Crippen LogP contribution in [0.5, 0.6) is 0 Å². The van der Waals surface area contributed by atoms with E-state index in [1.165, 1.54) is 0 Å². The fourth-order valence-electron chi connectivity index (χ4n) is 4.63. The third kappa shape index (κ3) is 24.9. The van der Waals surface area contributed by atoms with Crippen molar-refractivity contribution in [3.05, 3.63) is 0 Å². The first-order chi connectivity index (χ1) is 21.7. The van der Waals surface area contributed by atoms with Crippen LogP contribution < -0.4 is 0 Å². The van der Waals surface area contributed by atoms with Crippen LogP contribution in [0.1, 0.15) is 118 Å². The van der Waals surface area contributed by atoms with Crippen LogP contribution in [-0.2, 0) is 47.7 Å². The van der Waals surface area contributed by atoms with Crippen molar-refractivity contribution in [2.45, 2.75) is 158 Å². The molecule has 0 aromatic rings. The molecule has 49 heavy (non-hydrogen) atoms. The lowest BCUT2D eigenvalue weighted by molar-refractivity contribution is -0.162. The number of rotatable bonds is 16. The number of nitrogens with zero attached hydrogens (tertiary/aromatic N) is 3. The predicted octanol–water partition coefficient (Wildman–Crippen LogP) is 4.38. The number of hydrogen-bond acceptors (Lipinski definition) is 13. The van der Waals surface area contributed by atoms with Gasteiger partial charge in [0.15, 0.2) is 0 Å². The summed E-state index contributed by atoms with van der Waals surface area (Å²) in [4.78, 5) is 70.0. The van der Waals surface area contributed by atoms with E-state index in [4.69, 9.17) is 23.7 Å². The largest absolute Gasteiger partial charge is 0.459 e. The maximum absolute atomic E-state index is 13.1. The van der Waals surface area contributed by atoms with E-state index in [-0.39, 0.29) is 45.8 Å². The Morgan fingerprint density at radius 2 is 0.571 bits per heavy atom. The molecule has 0 spiro atoms. The molecule has 0 aliphatic carbocycles. The molecular formula is C36H67N3O10. The van der Waals surface area contributed by atoms with E-state index in [1.807, 2.05) is 18.7 Å². The molecule has 0 aromatic carbocycles. The van der Waals surface area contributed by atoms with Crippen LogP contribution in [-0.4, -0.2) is 130 Å². The Morgan fingerprint density at radius 3 is 0.755 bits per heavy atom. The standard InChI is InChI=1S/C36H67N3O10/c1-25(38(21-28(41)46-33(6,7)8)22-29(42)47-34(9,10)11)18-37(20-27(40)45-32(3,4)5)19-26(2)39(23-30(43)48-35(12,13)14)24-31(44)49-36(15,16)17/h25-26H,18-24H2,1-17H3/t25-,26+. The van der Waals surface area contributed by atoms with Crippen LogP contribution in [0.15, 0.2) is 0 Å². The van der Waals surface area contributed by atoms with Crippen LogP contribution in [0.3, 0.4) is 0 Å². The van der Waals surface area contributed by atoms with Crippen molar-refractivity contribution in [3.8, 4) is 0 Å². The summed E-state index contributed by atoms with van der Waals surface area (Å²) in [5.41, 5.74) is -3.67. The fraction of sp³-hybridized carbons (Fsp3) is 0.861. The Kier molecular flexibility index (Phi) is 17.4. The van der Waals surface area contributed by atoms with Gasteiger partial charge in [-0.3, -0.25) is 38.7 Å². The van der Waals surface area contributed by atoms with Gasteiger partial charge in [0.25, 0.3) is 0 Å². The van der Waals surface area contributed by atoms with Crippen LogP contribution in [0.4, 0.5) is 0 Å². The highest BCUT2D eigenvalue weighted by molar-refractivity contribution is 5.76.